The summed E-state index contributed by atoms with van der Waals surface area (Å²) in [6.45, 7) is 1.56. The van der Waals surface area contributed by atoms with Crippen molar-refractivity contribution in [3.63, 3.8) is 0 Å². The minimum absolute atomic E-state index is 0.0269. The Balaban J connectivity index is 2.39. The number of aryl methyl sites for hydroxylation is 1. The maximum atomic E-state index is 12.6. The van der Waals surface area contributed by atoms with Gasteiger partial charge in [0, 0.05) is 14.1 Å². The molecule has 2 aromatic rings. The Labute approximate surface area is 155 Å². The first-order valence-electron chi connectivity index (χ1n) is 7.48. The molecule has 0 radical (unpaired) electrons. The van der Waals surface area contributed by atoms with E-state index in [1.165, 1.54) is 26.2 Å². The molecule has 0 saturated carbocycles. The van der Waals surface area contributed by atoms with Gasteiger partial charge in [-0.15, -0.1) is 0 Å². The standard InChI is InChI=1S/C16H17F3N2O4S2/c1-11-4-7-13(10-15(11)27(24,25)21(2)3)20-26(22,23)14-8-5-12(6-9-14)16(17,18)19/h4-10,20H,1-3H3. The highest BCUT2D eigenvalue weighted by Crippen LogP contribution is 2.30. The van der Waals surface area contributed by atoms with Crippen LogP contribution >= 0.6 is 0 Å². The fourth-order valence-corrected chi connectivity index (χ4v) is 4.37. The van der Waals surface area contributed by atoms with Gasteiger partial charge >= 0.3 is 6.18 Å². The van der Waals surface area contributed by atoms with Crippen LogP contribution in [0.3, 0.4) is 0 Å². The number of nitrogens with one attached hydrogen (secondary N) is 1. The molecule has 0 amide bonds. The Bertz CT molecular complexity index is 1050. The molecule has 0 aliphatic heterocycles. The summed E-state index contributed by atoms with van der Waals surface area (Å²) in [5.74, 6) is 0. The lowest BCUT2D eigenvalue weighted by atomic mass is 10.2. The third kappa shape index (κ3) is 4.60. The van der Waals surface area contributed by atoms with E-state index in [2.05, 4.69) is 4.72 Å². The van der Waals surface area contributed by atoms with E-state index in [0.29, 0.717) is 17.7 Å². The predicted octanol–water partition coefficient (Wildman–Crippen LogP) is 3.06. The zero-order valence-corrected chi connectivity index (χ0v) is 16.2. The van der Waals surface area contributed by atoms with Crippen molar-refractivity contribution in [1.29, 1.82) is 0 Å². The summed E-state index contributed by atoms with van der Waals surface area (Å²) in [4.78, 5) is -0.465. The summed E-state index contributed by atoms with van der Waals surface area (Å²) in [5, 5.41) is 0. The van der Waals surface area contributed by atoms with Gasteiger partial charge < -0.3 is 0 Å². The molecule has 11 heteroatoms. The topological polar surface area (TPSA) is 83.5 Å². The number of halogens is 3. The molecule has 1 N–H and O–H groups in total. The van der Waals surface area contributed by atoms with Gasteiger partial charge in [0.05, 0.1) is 21.0 Å². The van der Waals surface area contributed by atoms with Crippen molar-refractivity contribution in [2.75, 3.05) is 18.8 Å². The summed E-state index contributed by atoms with van der Waals surface area (Å²) in [6, 6.07) is 6.93. The highest BCUT2D eigenvalue weighted by molar-refractivity contribution is 7.92. The van der Waals surface area contributed by atoms with E-state index < -0.39 is 31.8 Å². The van der Waals surface area contributed by atoms with E-state index in [0.717, 1.165) is 22.5 Å². The van der Waals surface area contributed by atoms with Crippen molar-refractivity contribution in [3.8, 4) is 0 Å². The third-order valence-electron chi connectivity index (χ3n) is 3.69. The van der Waals surface area contributed by atoms with Gasteiger partial charge in [0.1, 0.15) is 0 Å². The number of anilines is 1. The Morgan fingerprint density at radius 3 is 1.96 bits per heavy atom. The highest BCUT2D eigenvalue weighted by atomic mass is 32.2. The molecule has 0 aliphatic carbocycles. The van der Waals surface area contributed by atoms with Crippen LogP contribution in [0.25, 0.3) is 0 Å². The lowest BCUT2D eigenvalue weighted by Gasteiger charge is -2.15. The normalized spacial score (nSPS) is 13.0. The molecule has 0 spiro atoms. The van der Waals surface area contributed by atoms with Gasteiger partial charge in [0.15, 0.2) is 0 Å². The van der Waals surface area contributed by atoms with Gasteiger partial charge in [-0.2, -0.15) is 13.2 Å². The summed E-state index contributed by atoms with van der Waals surface area (Å²) in [7, 11) is -5.31. The summed E-state index contributed by atoms with van der Waals surface area (Å²) in [6.07, 6.45) is -4.58. The lowest BCUT2D eigenvalue weighted by Crippen LogP contribution is -2.23. The highest BCUT2D eigenvalue weighted by Gasteiger charge is 2.30. The molecule has 0 aromatic heterocycles. The molecule has 2 aromatic carbocycles. The van der Waals surface area contributed by atoms with E-state index in [4.69, 9.17) is 0 Å². The predicted molar refractivity (Wildman–Crippen MR) is 94.3 cm³/mol. The van der Waals surface area contributed by atoms with E-state index in [1.54, 1.807) is 6.92 Å². The number of hydrogen-bond acceptors (Lipinski definition) is 4. The zero-order valence-electron chi connectivity index (χ0n) is 14.6. The minimum atomic E-state index is -4.58. The van der Waals surface area contributed by atoms with Crippen molar-refractivity contribution in [2.24, 2.45) is 0 Å². The first-order valence-corrected chi connectivity index (χ1v) is 10.4. The number of benzene rings is 2. The molecular formula is C16H17F3N2O4S2. The first-order chi connectivity index (χ1) is 12.2. The molecule has 27 heavy (non-hydrogen) atoms. The van der Waals surface area contributed by atoms with Crippen molar-refractivity contribution in [2.45, 2.75) is 22.9 Å². The SMILES string of the molecule is Cc1ccc(NS(=O)(=O)c2ccc(C(F)(F)F)cc2)cc1S(=O)(=O)N(C)C. The summed E-state index contributed by atoms with van der Waals surface area (Å²) in [5.41, 5.74) is -0.585. The Hall–Kier alpha value is -2.11. The Morgan fingerprint density at radius 1 is 0.926 bits per heavy atom. The molecule has 0 atom stereocenters. The van der Waals surface area contributed by atoms with Gasteiger partial charge in [-0.3, -0.25) is 4.72 Å². The van der Waals surface area contributed by atoms with Crippen molar-refractivity contribution >= 4 is 25.7 Å². The van der Waals surface area contributed by atoms with E-state index in [-0.39, 0.29) is 15.5 Å². The van der Waals surface area contributed by atoms with Crippen LogP contribution in [0, 0.1) is 6.92 Å². The number of rotatable bonds is 5. The molecule has 148 valence electrons. The molecule has 0 unspecified atom stereocenters. The average Bonchev–Trinajstić information content (AvgIpc) is 2.55. The van der Waals surface area contributed by atoms with Gasteiger partial charge in [-0.05, 0) is 48.9 Å². The smallest absolute Gasteiger partial charge is 0.280 e. The Kier molecular flexibility index (Phi) is 5.60. The monoisotopic (exact) mass is 422 g/mol. The van der Waals surface area contributed by atoms with Crippen molar-refractivity contribution in [1.82, 2.24) is 4.31 Å². The van der Waals surface area contributed by atoms with Crippen LogP contribution in [0.2, 0.25) is 0 Å². The fraction of sp³-hybridized carbons (Fsp3) is 0.250. The number of sulfonamides is 2. The van der Waals surface area contributed by atoms with E-state index in [1.807, 2.05) is 0 Å². The Morgan fingerprint density at radius 2 is 1.48 bits per heavy atom. The maximum absolute atomic E-state index is 12.6. The quantitative estimate of drug-likeness (QED) is 0.803. The number of alkyl halides is 3. The zero-order chi connectivity index (χ0) is 20.6. The van der Waals surface area contributed by atoms with Crippen LogP contribution in [0.1, 0.15) is 11.1 Å². The lowest BCUT2D eigenvalue weighted by molar-refractivity contribution is -0.137. The van der Waals surface area contributed by atoms with Crippen LogP contribution in [-0.2, 0) is 26.2 Å². The molecule has 0 heterocycles. The summed E-state index contributed by atoms with van der Waals surface area (Å²) >= 11 is 0. The van der Waals surface area contributed by atoms with E-state index >= 15 is 0 Å². The molecule has 2 rings (SSSR count). The molecule has 0 aliphatic rings. The van der Waals surface area contributed by atoms with Crippen LogP contribution < -0.4 is 4.72 Å². The number of hydrogen-bond donors (Lipinski definition) is 1. The third-order valence-corrected chi connectivity index (χ3v) is 7.05. The largest absolute Gasteiger partial charge is 0.416 e. The van der Waals surface area contributed by atoms with Gasteiger partial charge in [-0.25, -0.2) is 21.1 Å². The molecule has 6 nitrogen and oxygen atoms in total. The van der Waals surface area contributed by atoms with Crippen molar-refractivity contribution < 1.29 is 30.0 Å². The fourth-order valence-electron chi connectivity index (χ4n) is 2.18. The molecule has 0 bridgehead atoms. The van der Waals surface area contributed by atoms with E-state index in [9.17, 15) is 30.0 Å². The van der Waals surface area contributed by atoms with Gasteiger partial charge in [-0.1, -0.05) is 6.07 Å². The number of nitrogens with zero attached hydrogens (tertiary/aromatic N) is 1. The van der Waals surface area contributed by atoms with Gasteiger partial charge in [0.25, 0.3) is 10.0 Å². The first kappa shape index (κ1) is 21.2. The second-order valence-electron chi connectivity index (χ2n) is 5.90. The maximum Gasteiger partial charge on any atom is 0.416 e. The van der Waals surface area contributed by atoms with Crippen LogP contribution in [0.5, 0.6) is 0 Å². The van der Waals surface area contributed by atoms with Gasteiger partial charge in [0.2, 0.25) is 10.0 Å². The molecular weight excluding hydrogens is 405 g/mol. The average molecular weight is 422 g/mol. The second-order valence-corrected chi connectivity index (χ2v) is 9.70. The second kappa shape index (κ2) is 7.13. The summed E-state index contributed by atoms with van der Waals surface area (Å²) < 4.78 is 90.4. The molecule has 0 fully saturated rings. The van der Waals surface area contributed by atoms with Crippen LogP contribution in [0.15, 0.2) is 52.3 Å². The van der Waals surface area contributed by atoms with Crippen molar-refractivity contribution in [3.05, 3.63) is 53.6 Å². The molecule has 0 saturated heterocycles. The van der Waals surface area contributed by atoms with Crippen LogP contribution in [0.4, 0.5) is 18.9 Å². The minimum Gasteiger partial charge on any atom is -0.280 e. The van der Waals surface area contributed by atoms with Crippen LogP contribution in [-0.4, -0.2) is 35.2 Å².